The molecule has 42 heavy (non-hydrogen) atoms. The number of hydrogen-bond donors (Lipinski definition) is 1. The average Bonchev–Trinajstić information content (AvgIpc) is 3.58. The van der Waals surface area contributed by atoms with Crippen molar-refractivity contribution in [2.24, 2.45) is 5.10 Å². The summed E-state index contributed by atoms with van der Waals surface area (Å²) in [4.78, 5) is 12.5. The third-order valence-corrected chi connectivity index (χ3v) is 7.97. The molecule has 214 valence electrons. The molecule has 0 aliphatic rings. The zero-order chi connectivity index (χ0) is 29.6. The average molecular weight is 789 g/mol. The highest BCUT2D eigenvalue weighted by Crippen LogP contribution is 2.29. The number of hydrazone groups is 1. The van der Waals surface area contributed by atoms with Gasteiger partial charge in [0.1, 0.15) is 36.3 Å². The Morgan fingerprint density at radius 2 is 1.62 bits per heavy atom. The summed E-state index contributed by atoms with van der Waals surface area (Å²) in [5, 5.41) is 4.06. The molecule has 0 saturated carbocycles. The molecule has 0 unspecified atom stereocenters. The van der Waals surface area contributed by atoms with E-state index in [0.717, 1.165) is 29.8 Å². The van der Waals surface area contributed by atoms with E-state index in [1.165, 1.54) is 12.3 Å². The van der Waals surface area contributed by atoms with Gasteiger partial charge in [0.2, 0.25) is 0 Å². The number of carbonyl (C=O) groups excluding carboxylic acids is 1. The van der Waals surface area contributed by atoms with Crippen molar-refractivity contribution >= 4 is 57.3 Å². The summed E-state index contributed by atoms with van der Waals surface area (Å²) in [7, 11) is 0. The summed E-state index contributed by atoms with van der Waals surface area (Å²) < 4.78 is 35.1. The zero-order valence-corrected chi connectivity index (χ0v) is 27.1. The largest absolute Gasteiger partial charge is 0.487 e. The number of halogens is 3. The Kier molecular flexibility index (Phi) is 9.62. The van der Waals surface area contributed by atoms with Crippen LogP contribution in [0.25, 0.3) is 5.69 Å². The van der Waals surface area contributed by atoms with Gasteiger partial charge in [0.15, 0.2) is 5.76 Å². The minimum Gasteiger partial charge on any atom is -0.487 e. The summed E-state index contributed by atoms with van der Waals surface area (Å²) in [6, 6.07) is 25.5. The second-order valence-corrected chi connectivity index (χ2v) is 11.7. The van der Waals surface area contributed by atoms with Crippen LogP contribution in [0.4, 0.5) is 4.39 Å². The van der Waals surface area contributed by atoms with Crippen molar-refractivity contribution < 1.29 is 23.1 Å². The monoisotopic (exact) mass is 789 g/mol. The van der Waals surface area contributed by atoms with Gasteiger partial charge in [-0.15, -0.1) is 0 Å². The van der Waals surface area contributed by atoms with Crippen LogP contribution in [0.2, 0.25) is 0 Å². The molecule has 0 spiro atoms. The lowest BCUT2D eigenvalue weighted by atomic mass is 10.2. The van der Waals surface area contributed by atoms with Gasteiger partial charge in [-0.1, -0.05) is 18.2 Å². The molecular formula is C32H26FI2N3O4. The van der Waals surface area contributed by atoms with Crippen molar-refractivity contribution in [3.05, 3.63) is 132 Å². The first kappa shape index (κ1) is 29.8. The molecule has 0 fully saturated rings. The van der Waals surface area contributed by atoms with Crippen LogP contribution < -0.4 is 14.9 Å². The van der Waals surface area contributed by atoms with E-state index in [4.69, 9.17) is 13.9 Å². The van der Waals surface area contributed by atoms with E-state index in [9.17, 15) is 9.18 Å². The molecule has 3 aromatic carbocycles. The number of benzene rings is 3. The van der Waals surface area contributed by atoms with Crippen molar-refractivity contribution in [3.63, 3.8) is 0 Å². The van der Waals surface area contributed by atoms with E-state index in [2.05, 4.69) is 86.3 Å². The molecule has 2 heterocycles. The molecular weight excluding hydrogens is 763 g/mol. The van der Waals surface area contributed by atoms with E-state index in [0.29, 0.717) is 22.8 Å². The predicted molar refractivity (Wildman–Crippen MR) is 176 cm³/mol. The summed E-state index contributed by atoms with van der Waals surface area (Å²) in [6.45, 7) is 4.44. The Morgan fingerprint density at radius 1 is 0.929 bits per heavy atom. The van der Waals surface area contributed by atoms with Crippen LogP contribution in [0.5, 0.6) is 11.5 Å². The van der Waals surface area contributed by atoms with Crippen LogP contribution in [0.1, 0.15) is 38.8 Å². The topological polar surface area (TPSA) is 78.0 Å². The van der Waals surface area contributed by atoms with Crippen molar-refractivity contribution in [2.75, 3.05) is 0 Å². The first-order valence-corrected chi connectivity index (χ1v) is 15.1. The molecule has 0 atom stereocenters. The third-order valence-electron chi connectivity index (χ3n) is 6.36. The van der Waals surface area contributed by atoms with Crippen LogP contribution in [-0.2, 0) is 13.2 Å². The number of carbonyl (C=O) groups is 1. The molecule has 5 rings (SSSR count). The van der Waals surface area contributed by atoms with E-state index in [1.807, 2.05) is 36.4 Å². The highest BCUT2D eigenvalue weighted by Gasteiger charge is 2.13. The van der Waals surface area contributed by atoms with Crippen molar-refractivity contribution in [2.45, 2.75) is 27.1 Å². The molecule has 0 saturated heterocycles. The number of amides is 1. The number of nitrogens with zero attached hydrogens (tertiary/aromatic N) is 2. The van der Waals surface area contributed by atoms with Gasteiger partial charge in [0.25, 0.3) is 0 Å². The van der Waals surface area contributed by atoms with E-state index >= 15 is 0 Å². The summed E-state index contributed by atoms with van der Waals surface area (Å²) in [6.07, 6.45) is 1.54. The Morgan fingerprint density at radius 3 is 2.31 bits per heavy atom. The molecule has 0 radical (unpaired) electrons. The van der Waals surface area contributed by atoms with Gasteiger partial charge in [-0.2, -0.15) is 5.10 Å². The van der Waals surface area contributed by atoms with Gasteiger partial charge in [-0.05, 0) is 131 Å². The van der Waals surface area contributed by atoms with E-state index in [1.54, 1.807) is 30.3 Å². The number of nitrogens with one attached hydrogen (secondary N) is 1. The molecule has 7 nitrogen and oxygen atoms in total. The van der Waals surface area contributed by atoms with Crippen molar-refractivity contribution in [1.82, 2.24) is 9.99 Å². The van der Waals surface area contributed by atoms with Gasteiger partial charge < -0.3 is 18.5 Å². The Hall–Kier alpha value is -3.65. The molecule has 1 N–H and O–H groups in total. The van der Waals surface area contributed by atoms with E-state index in [-0.39, 0.29) is 24.8 Å². The Labute approximate surface area is 270 Å². The van der Waals surface area contributed by atoms with Crippen molar-refractivity contribution in [3.8, 4) is 17.2 Å². The maximum absolute atomic E-state index is 13.9. The van der Waals surface area contributed by atoms with Crippen LogP contribution in [0.15, 0.2) is 94.4 Å². The molecule has 10 heteroatoms. The van der Waals surface area contributed by atoms with Gasteiger partial charge in [0, 0.05) is 22.6 Å². The van der Waals surface area contributed by atoms with Crippen LogP contribution >= 0.6 is 45.2 Å². The van der Waals surface area contributed by atoms with E-state index < -0.39 is 5.91 Å². The van der Waals surface area contributed by atoms with Crippen LogP contribution in [-0.4, -0.2) is 16.7 Å². The molecule has 0 aliphatic carbocycles. The lowest BCUT2D eigenvalue weighted by molar-refractivity contribution is 0.0923. The Bertz CT molecular complexity index is 1700. The fraction of sp³-hybridized carbons (Fsp3) is 0.125. The smallest absolute Gasteiger partial charge is 0.307 e. The normalized spacial score (nSPS) is 11.2. The van der Waals surface area contributed by atoms with Gasteiger partial charge in [-0.25, -0.2) is 9.82 Å². The summed E-state index contributed by atoms with van der Waals surface area (Å²) >= 11 is 4.32. The SMILES string of the molecule is Cc1ccc(C)n1-c1ccc(OCc2ccc(C(=O)N/N=C/c3cc(I)c(OCc4ccccc4F)c(I)c3)o2)cc1. The number of furan rings is 1. The Balaban J connectivity index is 1.13. The number of rotatable bonds is 10. The first-order chi connectivity index (χ1) is 20.3. The summed E-state index contributed by atoms with van der Waals surface area (Å²) in [5.74, 6) is 1.21. The fourth-order valence-corrected chi connectivity index (χ4v) is 6.40. The third kappa shape index (κ3) is 7.21. The highest BCUT2D eigenvalue weighted by molar-refractivity contribution is 14.1. The summed E-state index contributed by atoms with van der Waals surface area (Å²) in [5.41, 5.74) is 7.13. The van der Waals surface area contributed by atoms with Crippen LogP contribution in [0, 0.1) is 26.8 Å². The lowest BCUT2D eigenvalue weighted by Crippen LogP contribution is -2.16. The zero-order valence-electron chi connectivity index (χ0n) is 22.7. The second-order valence-electron chi connectivity index (χ2n) is 9.39. The molecule has 2 aromatic heterocycles. The first-order valence-electron chi connectivity index (χ1n) is 12.9. The number of aromatic nitrogens is 1. The van der Waals surface area contributed by atoms with Crippen molar-refractivity contribution in [1.29, 1.82) is 0 Å². The minimum atomic E-state index is -0.478. The second kappa shape index (κ2) is 13.6. The maximum Gasteiger partial charge on any atom is 0.307 e. The number of ether oxygens (including phenoxy) is 2. The lowest BCUT2D eigenvalue weighted by Gasteiger charge is -2.12. The quantitative estimate of drug-likeness (QED) is 0.0886. The molecule has 1 amide bonds. The number of hydrogen-bond acceptors (Lipinski definition) is 5. The minimum absolute atomic E-state index is 0.123. The van der Waals surface area contributed by atoms with Crippen LogP contribution in [0.3, 0.4) is 0 Å². The highest BCUT2D eigenvalue weighted by atomic mass is 127. The molecule has 0 bridgehead atoms. The standard InChI is InChI=1S/C32H26FI2N3O4/c1-20-7-8-21(2)38(20)24-9-11-25(12-10-24)40-19-26-13-14-30(42-26)32(39)37-36-17-22-15-28(34)31(29(35)16-22)41-18-23-5-3-4-6-27(23)33/h3-17H,18-19H2,1-2H3,(H,37,39)/b36-17+. The molecule has 0 aliphatic heterocycles. The van der Waals surface area contributed by atoms with Gasteiger partial charge in [-0.3, -0.25) is 4.79 Å². The molecule has 5 aromatic rings. The fourth-order valence-electron chi connectivity index (χ4n) is 4.28. The maximum atomic E-state index is 13.9. The van der Waals surface area contributed by atoms with Gasteiger partial charge >= 0.3 is 5.91 Å². The number of aryl methyl sites for hydroxylation is 2. The van der Waals surface area contributed by atoms with Gasteiger partial charge in [0.05, 0.1) is 13.4 Å². The predicted octanol–water partition coefficient (Wildman–Crippen LogP) is 7.96.